The molecule has 0 spiro atoms. The van der Waals surface area contributed by atoms with E-state index in [1.54, 1.807) is 12.1 Å². The summed E-state index contributed by atoms with van der Waals surface area (Å²) < 4.78 is 44.6. The van der Waals surface area contributed by atoms with Crippen molar-refractivity contribution in [1.29, 1.82) is 0 Å². The Morgan fingerprint density at radius 2 is 1.70 bits per heavy atom. The Morgan fingerprint density at radius 3 is 2.30 bits per heavy atom. The average molecular weight is 323 g/mol. The molecule has 1 amide bonds. The van der Waals surface area contributed by atoms with E-state index in [1.165, 1.54) is 0 Å². The fraction of sp³-hybridized carbons (Fsp3) is 0.235. The van der Waals surface area contributed by atoms with E-state index in [4.69, 9.17) is 4.74 Å². The van der Waals surface area contributed by atoms with Crippen LogP contribution in [0.1, 0.15) is 25.3 Å². The fourth-order valence-corrected chi connectivity index (χ4v) is 1.91. The average Bonchev–Trinajstić information content (AvgIpc) is 2.54. The highest BCUT2D eigenvalue weighted by Crippen LogP contribution is 2.20. The molecule has 0 saturated carbocycles. The van der Waals surface area contributed by atoms with Gasteiger partial charge in [-0.25, -0.2) is 13.2 Å². The normalized spacial score (nSPS) is 10.7. The van der Waals surface area contributed by atoms with Crippen LogP contribution in [-0.2, 0) is 4.79 Å². The van der Waals surface area contributed by atoms with Gasteiger partial charge < -0.3 is 10.1 Å². The summed E-state index contributed by atoms with van der Waals surface area (Å²) in [5.74, 6) is -4.21. The lowest BCUT2D eigenvalue weighted by Crippen LogP contribution is -2.21. The number of carbonyl (C=O) groups excluding carboxylic acids is 1. The SMILES string of the molecule is CC(C)c1ccc(OCC(=O)Nc2ccc(F)c(F)c2F)cc1. The van der Waals surface area contributed by atoms with Crippen LogP contribution < -0.4 is 10.1 Å². The summed E-state index contributed by atoms with van der Waals surface area (Å²) in [6.45, 7) is 3.73. The van der Waals surface area contributed by atoms with Crippen molar-refractivity contribution in [1.82, 2.24) is 0 Å². The highest BCUT2D eigenvalue weighted by atomic mass is 19.2. The number of amides is 1. The monoisotopic (exact) mass is 323 g/mol. The first-order valence-corrected chi connectivity index (χ1v) is 7.04. The highest BCUT2D eigenvalue weighted by Gasteiger charge is 2.15. The molecule has 3 nitrogen and oxygen atoms in total. The second-order valence-corrected chi connectivity index (χ2v) is 5.28. The number of anilines is 1. The second kappa shape index (κ2) is 7.17. The van der Waals surface area contributed by atoms with Gasteiger partial charge in [0.2, 0.25) is 0 Å². The zero-order chi connectivity index (χ0) is 17.0. The number of hydrogen-bond acceptors (Lipinski definition) is 2. The molecule has 2 aromatic carbocycles. The summed E-state index contributed by atoms with van der Waals surface area (Å²) in [5, 5.41) is 2.13. The van der Waals surface area contributed by atoms with E-state index in [0.717, 1.165) is 17.7 Å². The maximum Gasteiger partial charge on any atom is 0.262 e. The van der Waals surface area contributed by atoms with Gasteiger partial charge >= 0.3 is 0 Å². The summed E-state index contributed by atoms with van der Waals surface area (Å²) >= 11 is 0. The molecule has 0 aromatic heterocycles. The Balaban J connectivity index is 1.94. The molecule has 0 aliphatic rings. The van der Waals surface area contributed by atoms with Gasteiger partial charge in [-0.3, -0.25) is 4.79 Å². The third kappa shape index (κ3) is 4.25. The van der Waals surface area contributed by atoms with Crippen molar-refractivity contribution in [3.05, 3.63) is 59.4 Å². The number of nitrogens with one attached hydrogen (secondary N) is 1. The van der Waals surface area contributed by atoms with Crippen molar-refractivity contribution in [2.75, 3.05) is 11.9 Å². The van der Waals surface area contributed by atoms with E-state index in [0.29, 0.717) is 11.7 Å². The van der Waals surface area contributed by atoms with E-state index in [2.05, 4.69) is 19.2 Å². The molecule has 2 aromatic rings. The van der Waals surface area contributed by atoms with Crippen LogP contribution in [0, 0.1) is 17.5 Å². The van der Waals surface area contributed by atoms with Gasteiger partial charge in [0, 0.05) is 0 Å². The van der Waals surface area contributed by atoms with E-state index in [1.807, 2.05) is 12.1 Å². The molecule has 0 radical (unpaired) electrons. The maximum atomic E-state index is 13.4. The van der Waals surface area contributed by atoms with Crippen LogP contribution in [0.25, 0.3) is 0 Å². The minimum Gasteiger partial charge on any atom is -0.484 e. The molecule has 0 atom stereocenters. The number of rotatable bonds is 5. The molecule has 0 aliphatic heterocycles. The minimum atomic E-state index is -1.63. The van der Waals surface area contributed by atoms with E-state index in [9.17, 15) is 18.0 Å². The third-order valence-electron chi connectivity index (χ3n) is 3.23. The summed E-state index contributed by atoms with van der Waals surface area (Å²) in [6, 6.07) is 8.89. The van der Waals surface area contributed by atoms with Crippen molar-refractivity contribution in [2.45, 2.75) is 19.8 Å². The quantitative estimate of drug-likeness (QED) is 0.836. The van der Waals surface area contributed by atoms with Gasteiger partial charge in [0.25, 0.3) is 5.91 Å². The highest BCUT2D eigenvalue weighted by molar-refractivity contribution is 5.92. The zero-order valence-electron chi connectivity index (χ0n) is 12.7. The standard InChI is InChI=1S/C17H16F3NO2/c1-10(2)11-3-5-12(6-4-11)23-9-15(22)21-14-8-7-13(18)16(19)17(14)20/h3-8,10H,9H2,1-2H3,(H,21,22). The molecule has 0 bridgehead atoms. The lowest BCUT2D eigenvalue weighted by atomic mass is 10.0. The van der Waals surface area contributed by atoms with Gasteiger partial charge in [-0.2, -0.15) is 0 Å². The first-order chi connectivity index (χ1) is 10.9. The Bertz CT molecular complexity index is 700. The largest absolute Gasteiger partial charge is 0.484 e. The third-order valence-corrected chi connectivity index (χ3v) is 3.23. The number of benzene rings is 2. The van der Waals surface area contributed by atoms with E-state index < -0.39 is 29.0 Å². The van der Waals surface area contributed by atoms with Crippen LogP contribution in [0.15, 0.2) is 36.4 Å². The van der Waals surface area contributed by atoms with Gasteiger partial charge in [0.15, 0.2) is 24.1 Å². The van der Waals surface area contributed by atoms with Gasteiger partial charge in [-0.05, 0) is 35.7 Å². The molecule has 122 valence electrons. The van der Waals surface area contributed by atoms with Crippen LogP contribution >= 0.6 is 0 Å². The first-order valence-electron chi connectivity index (χ1n) is 7.04. The molecule has 6 heteroatoms. The van der Waals surface area contributed by atoms with Crippen LogP contribution in [0.4, 0.5) is 18.9 Å². The van der Waals surface area contributed by atoms with E-state index in [-0.39, 0.29) is 6.61 Å². The van der Waals surface area contributed by atoms with Crippen molar-refractivity contribution < 1.29 is 22.7 Å². The summed E-state index contributed by atoms with van der Waals surface area (Å²) in [6.07, 6.45) is 0. The Morgan fingerprint density at radius 1 is 1.04 bits per heavy atom. The van der Waals surface area contributed by atoms with Crippen LogP contribution in [-0.4, -0.2) is 12.5 Å². The van der Waals surface area contributed by atoms with Gasteiger partial charge in [-0.15, -0.1) is 0 Å². The molecule has 0 aliphatic carbocycles. The van der Waals surface area contributed by atoms with Gasteiger partial charge in [0.1, 0.15) is 5.75 Å². The van der Waals surface area contributed by atoms with Crippen LogP contribution in [0.3, 0.4) is 0 Å². The van der Waals surface area contributed by atoms with Gasteiger partial charge in [-0.1, -0.05) is 26.0 Å². The zero-order valence-corrected chi connectivity index (χ0v) is 12.7. The molecule has 0 fully saturated rings. The van der Waals surface area contributed by atoms with Crippen molar-refractivity contribution in [3.8, 4) is 5.75 Å². The summed E-state index contributed by atoms with van der Waals surface area (Å²) in [7, 11) is 0. The number of carbonyl (C=O) groups is 1. The molecular weight excluding hydrogens is 307 g/mol. The fourth-order valence-electron chi connectivity index (χ4n) is 1.91. The van der Waals surface area contributed by atoms with Crippen LogP contribution in [0.5, 0.6) is 5.75 Å². The predicted molar refractivity (Wildman–Crippen MR) is 81.0 cm³/mol. The topological polar surface area (TPSA) is 38.3 Å². The molecule has 0 heterocycles. The summed E-state index contributed by atoms with van der Waals surface area (Å²) in [5.41, 5.74) is 0.693. The second-order valence-electron chi connectivity index (χ2n) is 5.28. The molecule has 1 N–H and O–H groups in total. The molecular formula is C17H16F3NO2. The number of ether oxygens (including phenoxy) is 1. The van der Waals surface area contributed by atoms with Gasteiger partial charge in [0.05, 0.1) is 5.69 Å². The molecule has 0 unspecified atom stereocenters. The van der Waals surface area contributed by atoms with Crippen molar-refractivity contribution in [3.63, 3.8) is 0 Å². The smallest absolute Gasteiger partial charge is 0.262 e. The Labute approximate surface area is 132 Å². The Kier molecular flexibility index (Phi) is 5.26. The van der Waals surface area contributed by atoms with Crippen molar-refractivity contribution in [2.24, 2.45) is 0 Å². The number of hydrogen-bond donors (Lipinski definition) is 1. The molecule has 23 heavy (non-hydrogen) atoms. The predicted octanol–water partition coefficient (Wildman–Crippen LogP) is 4.24. The minimum absolute atomic E-state index is 0.376. The molecule has 0 saturated heterocycles. The molecule has 2 rings (SSSR count). The van der Waals surface area contributed by atoms with E-state index >= 15 is 0 Å². The maximum absolute atomic E-state index is 13.4. The lowest BCUT2D eigenvalue weighted by molar-refractivity contribution is -0.118. The number of halogens is 3. The summed E-state index contributed by atoms with van der Waals surface area (Å²) in [4.78, 5) is 11.7. The lowest BCUT2D eigenvalue weighted by Gasteiger charge is -2.10. The van der Waals surface area contributed by atoms with Crippen LogP contribution in [0.2, 0.25) is 0 Å². The van der Waals surface area contributed by atoms with Crippen molar-refractivity contribution >= 4 is 11.6 Å². The Hall–Kier alpha value is -2.50. The first kappa shape index (κ1) is 16.9.